The molecule has 0 amide bonds. The van der Waals surface area contributed by atoms with Gasteiger partial charge in [0.15, 0.2) is 5.96 Å². The van der Waals surface area contributed by atoms with Crippen LogP contribution in [0, 0.1) is 0 Å². The van der Waals surface area contributed by atoms with Gasteiger partial charge in [-0.3, -0.25) is 9.79 Å². The average Bonchev–Trinajstić information content (AvgIpc) is 3.02. The number of ether oxygens (including phenoxy) is 1. The lowest BCUT2D eigenvalue weighted by Gasteiger charge is -2.22. The number of aliphatic imine (C=N–C) groups is 1. The van der Waals surface area contributed by atoms with Crippen molar-refractivity contribution < 1.29 is 9.53 Å². The van der Waals surface area contributed by atoms with E-state index in [1.165, 1.54) is 11.3 Å². The third-order valence-corrected chi connectivity index (χ3v) is 4.25. The van der Waals surface area contributed by atoms with Crippen LogP contribution in [0.15, 0.2) is 29.3 Å². The average molecular weight is 331 g/mol. The predicted molar refractivity (Wildman–Crippen MR) is 98.6 cm³/mol. The van der Waals surface area contributed by atoms with Gasteiger partial charge in [-0.15, -0.1) is 0 Å². The van der Waals surface area contributed by atoms with Crippen LogP contribution >= 0.6 is 0 Å². The molecule has 0 atom stereocenters. The fourth-order valence-corrected chi connectivity index (χ4v) is 3.03. The first-order valence-corrected chi connectivity index (χ1v) is 8.98. The van der Waals surface area contributed by atoms with E-state index in [0.717, 1.165) is 51.2 Å². The highest BCUT2D eigenvalue weighted by atomic mass is 16.5. The molecule has 0 saturated heterocycles. The molecule has 132 valence electrons. The number of carbonyl (C=O) groups excluding carboxylic acids is 1. The lowest BCUT2D eigenvalue weighted by Crippen LogP contribution is -2.40. The number of rotatable bonds is 8. The maximum Gasteiger partial charge on any atom is 0.305 e. The number of para-hydroxylation sites is 1. The minimum atomic E-state index is -0.0799. The number of benzene rings is 1. The zero-order chi connectivity index (χ0) is 17.2. The van der Waals surface area contributed by atoms with E-state index >= 15 is 0 Å². The molecule has 0 fully saturated rings. The van der Waals surface area contributed by atoms with E-state index in [1.54, 1.807) is 0 Å². The summed E-state index contributed by atoms with van der Waals surface area (Å²) in [5.74, 6) is 0.871. The summed E-state index contributed by atoms with van der Waals surface area (Å²) in [6.07, 6.45) is 5.77. The van der Waals surface area contributed by atoms with Gasteiger partial charge in [0.2, 0.25) is 0 Å². The lowest BCUT2D eigenvalue weighted by atomic mass is 10.1. The van der Waals surface area contributed by atoms with E-state index in [9.17, 15) is 4.79 Å². The molecule has 0 saturated carbocycles. The highest BCUT2D eigenvalue weighted by Crippen LogP contribution is 2.27. The molecule has 0 unspecified atom stereocenters. The Morgan fingerprint density at radius 3 is 2.83 bits per heavy atom. The minimum Gasteiger partial charge on any atom is -0.466 e. The van der Waals surface area contributed by atoms with Crippen LogP contribution in [-0.4, -0.2) is 38.7 Å². The van der Waals surface area contributed by atoms with Crippen molar-refractivity contribution in [1.29, 1.82) is 0 Å². The van der Waals surface area contributed by atoms with Crippen LogP contribution in [0.2, 0.25) is 0 Å². The summed E-state index contributed by atoms with van der Waals surface area (Å²) in [4.78, 5) is 17.9. The van der Waals surface area contributed by atoms with Crippen LogP contribution in [-0.2, 0) is 16.0 Å². The van der Waals surface area contributed by atoms with Crippen LogP contribution in [0.5, 0.6) is 0 Å². The molecule has 1 N–H and O–H groups in total. The number of hydrogen-bond donors (Lipinski definition) is 1. The quantitative estimate of drug-likeness (QED) is 0.344. The van der Waals surface area contributed by atoms with Crippen LogP contribution in [0.25, 0.3) is 0 Å². The Bertz CT molecular complexity index is 557. The summed E-state index contributed by atoms with van der Waals surface area (Å²) in [5.41, 5.74) is 2.65. The SMILES string of the molecule is CCOC(=O)CCCCCCNC(=NC)N1CCc2ccccc21. The second-order valence-corrected chi connectivity index (χ2v) is 5.97. The Kier molecular flexibility index (Phi) is 7.59. The number of anilines is 1. The van der Waals surface area contributed by atoms with Gasteiger partial charge in [-0.25, -0.2) is 0 Å². The molecule has 1 aromatic carbocycles. The molecule has 5 heteroatoms. The molecule has 0 aromatic heterocycles. The fraction of sp³-hybridized carbons (Fsp3) is 0.579. The van der Waals surface area contributed by atoms with Crippen LogP contribution < -0.4 is 10.2 Å². The van der Waals surface area contributed by atoms with Crippen LogP contribution in [0.3, 0.4) is 0 Å². The highest BCUT2D eigenvalue weighted by molar-refractivity contribution is 5.97. The first-order valence-electron chi connectivity index (χ1n) is 8.98. The Morgan fingerprint density at radius 1 is 1.25 bits per heavy atom. The smallest absolute Gasteiger partial charge is 0.305 e. The van der Waals surface area contributed by atoms with E-state index in [2.05, 4.69) is 39.5 Å². The third-order valence-electron chi connectivity index (χ3n) is 4.25. The Morgan fingerprint density at radius 2 is 2.04 bits per heavy atom. The summed E-state index contributed by atoms with van der Waals surface area (Å²) in [6.45, 7) is 4.21. The van der Waals surface area contributed by atoms with Gasteiger partial charge >= 0.3 is 5.97 Å². The first-order chi connectivity index (χ1) is 11.8. The van der Waals surface area contributed by atoms with Crippen molar-refractivity contribution in [1.82, 2.24) is 5.32 Å². The summed E-state index contributed by atoms with van der Waals surface area (Å²) in [5, 5.41) is 3.46. The van der Waals surface area contributed by atoms with Crippen molar-refractivity contribution in [2.24, 2.45) is 4.99 Å². The maximum absolute atomic E-state index is 11.3. The van der Waals surface area contributed by atoms with E-state index in [1.807, 2.05) is 14.0 Å². The van der Waals surface area contributed by atoms with Gasteiger partial charge in [-0.05, 0) is 37.8 Å². The predicted octanol–water partition coefficient (Wildman–Crippen LogP) is 3.14. The molecule has 0 bridgehead atoms. The number of nitrogens with one attached hydrogen (secondary N) is 1. The van der Waals surface area contributed by atoms with Crippen molar-refractivity contribution in [2.75, 3.05) is 31.6 Å². The topological polar surface area (TPSA) is 53.9 Å². The van der Waals surface area contributed by atoms with Gasteiger partial charge < -0.3 is 15.0 Å². The highest BCUT2D eigenvalue weighted by Gasteiger charge is 2.21. The van der Waals surface area contributed by atoms with Crippen LogP contribution in [0.1, 0.15) is 44.6 Å². The van der Waals surface area contributed by atoms with Gasteiger partial charge in [0.25, 0.3) is 0 Å². The molecule has 24 heavy (non-hydrogen) atoms. The van der Waals surface area contributed by atoms with Gasteiger partial charge in [-0.1, -0.05) is 31.0 Å². The molecule has 0 radical (unpaired) electrons. The summed E-state index contributed by atoms with van der Waals surface area (Å²) < 4.78 is 4.93. The number of fused-ring (bicyclic) bond motifs is 1. The molecule has 1 aliphatic heterocycles. The molecule has 0 spiro atoms. The monoisotopic (exact) mass is 331 g/mol. The first kappa shape index (κ1) is 18.3. The van der Waals surface area contributed by atoms with E-state index in [4.69, 9.17) is 4.74 Å². The lowest BCUT2D eigenvalue weighted by molar-refractivity contribution is -0.143. The molecular formula is C19H29N3O2. The molecule has 0 aliphatic carbocycles. The zero-order valence-corrected chi connectivity index (χ0v) is 14.9. The normalized spacial score (nSPS) is 13.8. The Hall–Kier alpha value is -2.04. The molecule has 1 heterocycles. The van der Waals surface area contributed by atoms with Crippen LogP contribution in [0.4, 0.5) is 5.69 Å². The standard InChI is InChI=1S/C19H29N3O2/c1-3-24-18(23)12-6-4-5-9-14-21-19(20-2)22-15-13-16-10-7-8-11-17(16)22/h7-8,10-11H,3-6,9,12-15H2,1-2H3,(H,20,21). The van der Waals surface area contributed by atoms with E-state index in [0.29, 0.717) is 13.0 Å². The summed E-state index contributed by atoms with van der Waals surface area (Å²) in [7, 11) is 1.84. The van der Waals surface area contributed by atoms with Crippen molar-refractivity contribution in [3.05, 3.63) is 29.8 Å². The van der Waals surface area contributed by atoms with Crippen molar-refractivity contribution in [3.63, 3.8) is 0 Å². The van der Waals surface area contributed by atoms with Crippen molar-refractivity contribution in [2.45, 2.75) is 45.4 Å². The Balaban J connectivity index is 1.64. The van der Waals surface area contributed by atoms with Gasteiger partial charge in [0.1, 0.15) is 0 Å². The van der Waals surface area contributed by atoms with E-state index in [-0.39, 0.29) is 5.97 Å². The molecule has 1 aromatic rings. The molecule has 1 aliphatic rings. The van der Waals surface area contributed by atoms with Crippen molar-refractivity contribution >= 4 is 17.6 Å². The fourth-order valence-electron chi connectivity index (χ4n) is 3.03. The van der Waals surface area contributed by atoms with Gasteiger partial charge in [-0.2, -0.15) is 0 Å². The summed E-state index contributed by atoms with van der Waals surface area (Å²) >= 11 is 0. The Labute approximate surface area is 145 Å². The van der Waals surface area contributed by atoms with Gasteiger partial charge in [0, 0.05) is 32.2 Å². The minimum absolute atomic E-state index is 0.0799. The third kappa shape index (κ3) is 5.25. The number of nitrogens with zero attached hydrogens (tertiary/aromatic N) is 2. The van der Waals surface area contributed by atoms with E-state index < -0.39 is 0 Å². The van der Waals surface area contributed by atoms with Crippen molar-refractivity contribution in [3.8, 4) is 0 Å². The molecular weight excluding hydrogens is 302 g/mol. The van der Waals surface area contributed by atoms with Gasteiger partial charge in [0.05, 0.1) is 6.61 Å². The number of esters is 1. The second kappa shape index (κ2) is 9.96. The second-order valence-electron chi connectivity index (χ2n) is 5.97. The number of guanidine groups is 1. The number of carbonyl (C=O) groups is 1. The zero-order valence-electron chi connectivity index (χ0n) is 14.9. The maximum atomic E-state index is 11.3. The molecule has 2 rings (SSSR count). The summed E-state index contributed by atoms with van der Waals surface area (Å²) in [6, 6.07) is 8.51. The number of hydrogen-bond acceptors (Lipinski definition) is 3. The number of unbranched alkanes of at least 4 members (excludes halogenated alkanes) is 3. The molecule has 5 nitrogen and oxygen atoms in total. The largest absolute Gasteiger partial charge is 0.466 e.